The van der Waals surface area contributed by atoms with Gasteiger partial charge in [-0.15, -0.1) is 0 Å². The number of benzene rings is 2. The van der Waals surface area contributed by atoms with Gasteiger partial charge in [0.15, 0.2) is 0 Å². The first-order chi connectivity index (χ1) is 11.9. The van der Waals surface area contributed by atoms with Crippen molar-refractivity contribution in [1.82, 2.24) is 5.32 Å². The Bertz CT molecular complexity index is 775. The van der Waals surface area contributed by atoms with Gasteiger partial charge < -0.3 is 20.1 Å². The molecule has 0 bridgehead atoms. The Labute approximate surface area is 152 Å². The molecule has 0 aromatic heterocycles. The second-order valence-corrected chi connectivity index (χ2v) is 7.06. The van der Waals surface area contributed by atoms with Crippen molar-refractivity contribution in [1.29, 1.82) is 0 Å². The zero-order valence-electron chi connectivity index (χ0n) is 14.4. The van der Waals surface area contributed by atoms with E-state index in [1.807, 2.05) is 32.0 Å². The van der Waals surface area contributed by atoms with E-state index in [1.54, 1.807) is 31.4 Å². The highest BCUT2D eigenvalue weighted by Gasteiger charge is 2.34. The number of anilines is 1. The standard InChI is InChI=1S/C19H21ClN2O3/c1-19(2)11-16(15-10-14(24-3)8-9-17(15)25-19)22-18(23)21-13-6-4-12(20)5-7-13/h4-10,16H,11H2,1-3H3,(H2,21,22,23)/t16-/m1/s1. The van der Waals surface area contributed by atoms with E-state index in [0.717, 1.165) is 17.1 Å². The molecule has 1 aliphatic rings. The molecular weight excluding hydrogens is 340 g/mol. The molecule has 1 atom stereocenters. The Hall–Kier alpha value is -2.40. The maximum Gasteiger partial charge on any atom is 0.319 e. The maximum atomic E-state index is 12.4. The van der Waals surface area contributed by atoms with Crippen molar-refractivity contribution in [3.05, 3.63) is 53.1 Å². The van der Waals surface area contributed by atoms with Gasteiger partial charge in [0.1, 0.15) is 17.1 Å². The molecule has 132 valence electrons. The summed E-state index contributed by atoms with van der Waals surface area (Å²) in [5.41, 5.74) is 1.21. The molecule has 2 aromatic rings. The zero-order valence-corrected chi connectivity index (χ0v) is 15.2. The van der Waals surface area contributed by atoms with Crippen LogP contribution in [0.3, 0.4) is 0 Å². The molecule has 0 saturated heterocycles. The molecule has 2 N–H and O–H groups in total. The normalized spacial score (nSPS) is 17.8. The van der Waals surface area contributed by atoms with Crippen molar-refractivity contribution in [2.24, 2.45) is 0 Å². The fourth-order valence-electron chi connectivity index (χ4n) is 2.95. The first-order valence-electron chi connectivity index (χ1n) is 8.06. The molecule has 0 radical (unpaired) electrons. The molecule has 1 heterocycles. The first kappa shape index (κ1) is 17.4. The maximum absolute atomic E-state index is 12.4. The molecule has 1 aliphatic heterocycles. The molecule has 25 heavy (non-hydrogen) atoms. The number of ether oxygens (including phenoxy) is 2. The Morgan fingerprint density at radius 3 is 2.64 bits per heavy atom. The second-order valence-electron chi connectivity index (χ2n) is 6.63. The molecule has 0 fully saturated rings. The van der Waals surface area contributed by atoms with Gasteiger partial charge in [0.05, 0.1) is 13.2 Å². The highest BCUT2D eigenvalue weighted by Crippen LogP contribution is 2.41. The van der Waals surface area contributed by atoms with Crippen LogP contribution in [0.5, 0.6) is 11.5 Å². The van der Waals surface area contributed by atoms with Gasteiger partial charge in [-0.1, -0.05) is 11.6 Å². The van der Waals surface area contributed by atoms with Crippen LogP contribution >= 0.6 is 11.6 Å². The predicted molar refractivity (Wildman–Crippen MR) is 98.7 cm³/mol. The smallest absolute Gasteiger partial charge is 0.319 e. The largest absolute Gasteiger partial charge is 0.497 e. The lowest BCUT2D eigenvalue weighted by Gasteiger charge is -2.38. The molecule has 0 unspecified atom stereocenters. The number of methoxy groups -OCH3 is 1. The monoisotopic (exact) mass is 360 g/mol. The number of hydrogen-bond acceptors (Lipinski definition) is 3. The topological polar surface area (TPSA) is 59.6 Å². The zero-order chi connectivity index (χ0) is 18.0. The van der Waals surface area contributed by atoms with Crippen molar-refractivity contribution in [3.63, 3.8) is 0 Å². The van der Waals surface area contributed by atoms with Crippen LogP contribution in [0.25, 0.3) is 0 Å². The van der Waals surface area contributed by atoms with E-state index in [2.05, 4.69) is 10.6 Å². The number of carbonyl (C=O) groups is 1. The summed E-state index contributed by atoms with van der Waals surface area (Å²) in [6.07, 6.45) is 0.654. The van der Waals surface area contributed by atoms with Crippen LogP contribution in [0, 0.1) is 0 Å². The van der Waals surface area contributed by atoms with Crippen LogP contribution in [0.15, 0.2) is 42.5 Å². The lowest BCUT2D eigenvalue weighted by Crippen LogP contribution is -2.42. The van der Waals surface area contributed by atoms with Gasteiger partial charge in [-0.3, -0.25) is 0 Å². The number of carbonyl (C=O) groups excluding carboxylic acids is 1. The molecule has 6 heteroatoms. The van der Waals surface area contributed by atoms with Crippen LogP contribution in [-0.4, -0.2) is 18.7 Å². The number of halogens is 1. The quantitative estimate of drug-likeness (QED) is 0.828. The summed E-state index contributed by atoms with van der Waals surface area (Å²) in [6, 6.07) is 12.1. The summed E-state index contributed by atoms with van der Waals surface area (Å²) >= 11 is 5.87. The number of fused-ring (bicyclic) bond motifs is 1. The highest BCUT2D eigenvalue weighted by molar-refractivity contribution is 6.30. The van der Waals surface area contributed by atoms with Crippen molar-refractivity contribution in [2.45, 2.75) is 31.9 Å². The van der Waals surface area contributed by atoms with Crippen LogP contribution in [0.4, 0.5) is 10.5 Å². The number of hydrogen-bond donors (Lipinski definition) is 2. The highest BCUT2D eigenvalue weighted by atomic mass is 35.5. The predicted octanol–water partition coefficient (Wildman–Crippen LogP) is 4.77. The summed E-state index contributed by atoms with van der Waals surface area (Å²) in [4.78, 5) is 12.4. The van der Waals surface area contributed by atoms with Crippen LogP contribution in [0.2, 0.25) is 5.02 Å². The number of nitrogens with one attached hydrogen (secondary N) is 2. The number of amides is 2. The van der Waals surface area contributed by atoms with Gasteiger partial charge in [0.2, 0.25) is 0 Å². The van der Waals surface area contributed by atoms with E-state index >= 15 is 0 Å². The van der Waals surface area contributed by atoms with Gasteiger partial charge in [-0.25, -0.2) is 4.79 Å². The molecule has 0 aliphatic carbocycles. The minimum Gasteiger partial charge on any atom is -0.497 e. The third-order valence-corrected chi connectivity index (χ3v) is 4.33. The summed E-state index contributed by atoms with van der Waals surface area (Å²) in [6.45, 7) is 4.01. The lowest BCUT2D eigenvalue weighted by atomic mass is 9.89. The van der Waals surface area contributed by atoms with Crippen molar-refractivity contribution >= 4 is 23.3 Å². The third kappa shape index (κ3) is 4.17. The van der Waals surface area contributed by atoms with E-state index in [-0.39, 0.29) is 17.7 Å². The molecule has 3 rings (SSSR count). The number of rotatable bonds is 3. The van der Waals surface area contributed by atoms with Gasteiger partial charge in [0, 0.05) is 22.7 Å². The Balaban J connectivity index is 1.79. The third-order valence-electron chi connectivity index (χ3n) is 4.08. The van der Waals surface area contributed by atoms with E-state index in [1.165, 1.54) is 0 Å². The molecule has 2 aromatic carbocycles. The fourth-order valence-corrected chi connectivity index (χ4v) is 3.07. The van der Waals surface area contributed by atoms with Gasteiger partial charge >= 0.3 is 6.03 Å². The minimum absolute atomic E-state index is 0.179. The van der Waals surface area contributed by atoms with Gasteiger partial charge in [0.25, 0.3) is 0 Å². The summed E-state index contributed by atoms with van der Waals surface area (Å²) < 4.78 is 11.3. The Morgan fingerprint density at radius 2 is 1.96 bits per heavy atom. The van der Waals surface area contributed by atoms with Crippen molar-refractivity contribution < 1.29 is 14.3 Å². The van der Waals surface area contributed by atoms with E-state index in [0.29, 0.717) is 17.1 Å². The Morgan fingerprint density at radius 1 is 1.24 bits per heavy atom. The summed E-state index contributed by atoms with van der Waals surface area (Å²) in [5.74, 6) is 1.49. The molecular formula is C19H21ClN2O3. The Kier molecular flexibility index (Phi) is 4.77. The van der Waals surface area contributed by atoms with E-state index in [4.69, 9.17) is 21.1 Å². The molecule has 0 saturated carbocycles. The lowest BCUT2D eigenvalue weighted by molar-refractivity contribution is 0.0681. The second kappa shape index (κ2) is 6.84. The fraction of sp³-hybridized carbons (Fsp3) is 0.316. The minimum atomic E-state index is -0.375. The average Bonchev–Trinajstić information content (AvgIpc) is 2.55. The molecule has 2 amide bonds. The van der Waals surface area contributed by atoms with E-state index in [9.17, 15) is 4.79 Å². The van der Waals surface area contributed by atoms with Gasteiger partial charge in [-0.2, -0.15) is 0 Å². The first-order valence-corrected chi connectivity index (χ1v) is 8.44. The van der Waals surface area contributed by atoms with Gasteiger partial charge in [-0.05, 0) is 56.3 Å². The average molecular weight is 361 g/mol. The summed E-state index contributed by atoms with van der Waals surface area (Å²) in [5, 5.41) is 6.47. The van der Waals surface area contributed by atoms with Crippen LogP contribution in [-0.2, 0) is 0 Å². The van der Waals surface area contributed by atoms with Crippen LogP contribution < -0.4 is 20.1 Å². The summed E-state index contributed by atoms with van der Waals surface area (Å²) in [7, 11) is 1.62. The van der Waals surface area contributed by atoms with Crippen molar-refractivity contribution in [2.75, 3.05) is 12.4 Å². The van der Waals surface area contributed by atoms with E-state index < -0.39 is 0 Å². The SMILES string of the molecule is COc1ccc2c(c1)[C@H](NC(=O)Nc1ccc(Cl)cc1)CC(C)(C)O2. The van der Waals surface area contributed by atoms with Crippen molar-refractivity contribution in [3.8, 4) is 11.5 Å². The van der Waals surface area contributed by atoms with Crippen LogP contribution in [0.1, 0.15) is 31.9 Å². The molecule has 5 nitrogen and oxygen atoms in total. The number of urea groups is 1. The molecule has 0 spiro atoms.